The lowest BCUT2D eigenvalue weighted by atomic mass is 10.1. The molecular formula is C9H19N. The Morgan fingerprint density at radius 2 is 1.90 bits per heavy atom. The Morgan fingerprint density at radius 1 is 1.40 bits per heavy atom. The van der Waals surface area contributed by atoms with Crippen LogP contribution in [0.5, 0.6) is 0 Å². The van der Waals surface area contributed by atoms with E-state index in [1.807, 2.05) is 0 Å². The zero-order valence-electron chi connectivity index (χ0n) is 7.65. The molecule has 1 nitrogen and oxygen atoms in total. The van der Waals surface area contributed by atoms with Gasteiger partial charge in [-0.05, 0) is 39.2 Å². The summed E-state index contributed by atoms with van der Waals surface area (Å²) in [6.07, 6.45) is 2.87. The molecule has 0 atom stereocenters. The molecule has 0 aromatic carbocycles. The van der Waals surface area contributed by atoms with Gasteiger partial charge in [0.25, 0.3) is 0 Å². The highest BCUT2D eigenvalue weighted by Gasteiger charge is 2.38. The zero-order valence-corrected chi connectivity index (χ0v) is 7.65. The van der Waals surface area contributed by atoms with Gasteiger partial charge in [0.1, 0.15) is 0 Å². The van der Waals surface area contributed by atoms with Crippen LogP contribution in [0.3, 0.4) is 0 Å². The Hall–Kier alpha value is -0.0400. The molecule has 0 aromatic heterocycles. The van der Waals surface area contributed by atoms with Crippen molar-refractivity contribution >= 4 is 0 Å². The molecule has 0 radical (unpaired) electrons. The average molecular weight is 141 g/mol. The van der Waals surface area contributed by atoms with E-state index in [9.17, 15) is 0 Å². The zero-order chi connectivity index (χ0) is 7.78. The van der Waals surface area contributed by atoms with E-state index in [2.05, 4.69) is 32.7 Å². The molecule has 0 spiro atoms. The van der Waals surface area contributed by atoms with Crippen molar-refractivity contribution in [1.82, 2.24) is 4.90 Å². The second kappa shape index (κ2) is 2.54. The quantitative estimate of drug-likeness (QED) is 0.582. The van der Waals surface area contributed by atoms with Crippen molar-refractivity contribution in [3.05, 3.63) is 0 Å². The standard InChI is InChI=1S/C9H19N/c1-8(2)10(4)7-9(3)5-6-9/h8H,5-7H2,1-4H3. The maximum atomic E-state index is 2.44. The molecule has 10 heavy (non-hydrogen) atoms. The molecule has 0 aromatic rings. The van der Waals surface area contributed by atoms with E-state index in [1.165, 1.54) is 19.4 Å². The van der Waals surface area contributed by atoms with Crippen LogP contribution in [0.2, 0.25) is 0 Å². The molecule has 0 unspecified atom stereocenters. The van der Waals surface area contributed by atoms with Gasteiger partial charge in [0.05, 0.1) is 0 Å². The van der Waals surface area contributed by atoms with Gasteiger partial charge in [0, 0.05) is 12.6 Å². The van der Waals surface area contributed by atoms with Gasteiger partial charge in [-0.3, -0.25) is 0 Å². The second-order valence-corrected chi connectivity index (χ2v) is 4.32. The normalized spacial score (nSPS) is 22.2. The van der Waals surface area contributed by atoms with E-state index in [0.29, 0.717) is 11.5 Å². The lowest BCUT2D eigenvalue weighted by molar-refractivity contribution is 0.228. The van der Waals surface area contributed by atoms with E-state index in [4.69, 9.17) is 0 Å². The number of nitrogens with zero attached hydrogens (tertiary/aromatic N) is 1. The van der Waals surface area contributed by atoms with Crippen molar-refractivity contribution in [2.45, 2.75) is 39.7 Å². The third-order valence-electron chi connectivity index (χ3n) is 2.62. The summed E-state index contributed by atoms with van der Waals surface area (Å²) < 4.78 is 0. The fourth-order valence-corrected chi connectivity index (χ4v) is 1.16. The van der Waals surface area contributed by atoms with Crippen LogP contribution < -0.4 is 0 Å². The van der Waals surface area contributed by atoms with Crippen LogP contribution in [0.25, 0.3) is 0 Å². The maximum absolute atomic E-state index is 2.44. The molecule has 0 bridgehead atoms. The minimum absolute atomic E-state index is 0.680. The summed E-state index contributed by atoms with van der Waals surface area (Å²) in [6.45, 7) is 8.17. The summed E-state index contributed by atoms with van der Waals surface area (Å²) in [7, 11) is 2.22. The fraction of sp³-hybridized carbons (Fsp3) is 1.00. The minimum atomic E-state index is 0.680. The van der Waals surface area contributed by atoms with Gasteiger partial charge in [-0.25, -0.2) is 0 Å². The fourth-order valence-electron chi connectivity index (χ4n) is 1.16. The second-order valence-electron chi connectivity index (χ2n) is 4.32. The van der Waals surface area contributed by atoms with Crippen molar-refractivity contribution in [1.29, 1.82) is 0 Å². The SMILES string of the molecule is CC(C)N(C)CC1(C)CC1. The lowest BCUT2D eigenvalue weighted by Gasteiger charge is -2.24. The smallest absolute Gasteiger partial charge is 0.00357 e. The Kier molecular flexibility index (Phi) is 2.04. The summed E-state index contributed by atoms with van der Waals surface area (Å²) in [5.74, 6) is 0. The van der Waals surface area contributed by atoms with Crippen LogP contribution in [0.1, 0.15) is 33.6 Å². The van der Waals surface area contributed by atoms with Crippen molar-refractivity contribution in [2.75, 3.05) is 13.6 Å². The largest absolute Gasteiger partial charge is 0.303 e. The Labute approximate surface area is 64.4 Å². The van der Waals surface area contributed by atoms with Crippen LogP contribution in [0.4, 0.5) is 0 Å². The molecule has 0 saturated heterocycles. The molecule has 1 aliphatic rings. The van der Waals surface area contributed by atoms with Crippen LogP contribution >= 0.6 is 0 Å². The summed E-state index contributed by atoms with van der Waals surface area (Å²) in [5.41, 5.74) is 0.680. The summed E-state index contributed by atoms with van der Waals surface area (Å²) in [4.78, 5) is 2.44. The Bertz CT molecular complexity index is 114. The molecule has 1 heteroatoms. The minimum Gasteiger partial charge on any atom is -0.303 e. The van der Waals surface area contributed by atoms with Crippen molar-refractivity contribution in [3.8, 4) is 0 Å². The summed E-state index contributed by atoms with van der Waals surface area (Å²) in [6, 6.07) is 0.706. The van der Waals surface area contributed by atoms with Gasteiger partial charge in [0.15, 0.2) is 0 Å². The van der Waals surface area contributed by atoms with Gasteiger partial charge in [-0.1, -0.05) is 6.92 Å². The van der Waals surface area contributed by atoms with Crippen molar-refractivity contribution < 1.29 is 0 Å². The van der Waals surface area contributed by atoms with Crippen LogP contribution in [-0.4, -0.2) is 24.5 Å². The van der Waals surface area contributed by atoms with Gasteiger partial charge in [0.2, 0.25) is 0 Å². The Morgan fingerprint density at radius 3 is 2.20 bits per heavy atom. The van der Waals surface area contributed by atoms with Crippen LogP contribution in [-0.2, 0) is 0 Å². The molecule has 0 N–H and O–H groups in total. The number of hydrogen-bond acceptors (Lipinski definition) is 1. The van der Waals surface area contributed by atoms with Crippen molar-refractivity contribution in [2.24, 2.45) is 5.41 Å². The van der Waals surface area contributed by atoms with E-state index < -0.39 is 0 Å². The molecule has 0 heterocycles. The van der Waals surface area contributed by atoms with E-state index >= 15 is 0 Å². The Balaban J connectivity index is 2.24. The molecule has 1 aliphatic carbocycles. The van der Waals surface area contributed by atoms with E-state index in [1.54, 1.807) is 0 Å². The first-order valence-corrected chi connectivity index (χ1v) is 4.24. The number of hydrogen-bond donors (Lipinski definition) is 0. The average Bonchev–Trinajstić information content (AvgIpc) is 2.47. The molecule has 1 rings (SSSR count). The monoisotopic (exact) mass is 141 g/mol. The molecule has 0 aliphatic heterocycles. The number of rotatable bonds is 3. The predicted octanol–water partition coefficient (Wildman–Crippen LogP) is 2.13. The highest BCUT2D eigenvalue weighted by atomic mass is 15.1. The topological polar surface area (TPSA) is 3.24 Å². The van der Waals surface area contributed by atoms with E-state index in [0.717, 1.165) is 0 Å². The summed E-state index contributed by atoms with van der Waals surface area (Å²) >= 11 is 0. The molecule has 1 fully saturated rings. The van der Waals surface area contributed by atoms with Gasteiger partial charge in [-0.15, -0.1) is 0 Å². The lowest BCUT2D eigenvalue weighted by Crippen LogP contribution is -2.31. The summed E-state index contributed by atoms with van der Waals surface area (Å²) in [5, 5.41) is 0. The first-order valence-electron chi connectivity index (χ1n) is 4.24. The van der Waals surface area contributed by atoms with Crippen molar-refractivity contribution in [3.63, 3.8) is 0 Å². The van der Waals surface area contributed by atoms with Gasteiger partial charge < -0.3 is 4.90 Å². The molecular weight excluding hydrogens is 122 g/mol. The van der Waals surface area contributed by atoms with Crippen LogP contribution in [0.15, 0.2) is 0 Å². The first-order chi connectivity index (χ1) is 4.53. The molecule has 60 valence electrons. The third kappa shape index (κ3) is 1.98. The molecule has 0 amide bonds. The third-order valence-corrected chi connectivity index (χ3v) is 2.62. The van der Waals surface area contributed by atoms with Gasteiger partial charge in [-0.2, -0.15) is 0 Å². The molecule has 1 saturated carbocycles. The first kappa shape index (κ1) is 8.06. The van der Waals surface area contributed by atoms with E-state index in [-0.39, 0.29) is 0 Å². The highest BCUT2D eigenvalue weighted by Crippen LogP contribution is 2.45. The maximum Gasteiger partial charge on any atom is 0.00357 e. The van der Waals surface area contributed by atoms with Crippen LogP contribution in [0, 0.1) is 5.41 Å². The highest BCUT2D eigenvalue weighted by molar-refractivity contribution is 4.91. The predicted molar refractivity (Wildman–Crippen MR) is 45.1 cm³/mol. The van der Waals surface area contributed by atoms with Gasteiger partial charge >= 0.3 is 0 Å².